The fraction of sp³-hybridized carbons (Fsp3) is 0.188. The van der Waals surface area contributed by atoms with Gasteiger partial charge in [0.2, 0.25) is 0 Å². The summed E-state index contributed by atoms with van der Waals surface area (Å²) in [6.07, 6.45) is 0. The molecule has 0 heterocycles. The minimum absolute atomic E-state index is 0.715. The second-order valence-electron chi connectivity index (χ2n) is 4.35. The van der Waals surface area contributed by atoms with Crippen molar-refractivity contribution in [2.75, 3.05) is 12.4 Å². The van der Waals surface area contributed by atoms with Gasteiger partial charge in [0, 0.05) is 12.2 Å². The first-order valence-electron chi connectivity index (χ1n) is 6.10. The average Bonchev–Trinajstić information content (AvgIpc) is 2.45. The topological polar surface area (TPSA) is 45.0 Å². The normalized spacial score (nSPS) is 9.74. The molecule has 0 radical (unpaired) electrons. The molecule has 19 heavy (non-hydrogen) atoms. The molecule has 96 valence electrons. The summed E-state index contributed by atoms with van der Waals surface area (Å²) in [6.45, 7) is 2.66. The Morgan fingerprint density at radius 3 is 2.74 bits per heavy atom. The van der Waals surface area contributed by atoms with Crippen LogP contribution in [-0.4, -0.2) is 7.11 Å². The van der Waals surface area contributed by atoms with E-state index in [2.05, 4.69) is 11.4 Å². The first-order valence-corrected chi connectivity index (χ1v) is 6.10. The predicted molar refractivity (Wildman–Crippen MR) is 76.2 cm³/mol. The van der Waals surface area contributed by atoms with Crippen molar-refractivity contribution in [3.63, 3.8) is 0 Å². The van der Waals surface area contributed by atoms with Crippen molar-refractivity contribution >= 4 is 5.69 Å². The van der Waals surface area contributed by atoms with Gasteiger partial charge in [-0.3, -0.25) is 0 Å². The first-order chi connectivity index (χ1) is 9.22. The molecular weight excluding hydrogens is 236 g/mol. The number of nitriles is 1. The molecule has 0 aliphatic carbocycles. The maximum atomic E-state index is 8.89. The van der Waals surface area contributed by atoms with Crippen LogP contribution in [0.3, 0.4) is 0 Å². The molecule has 3 heteroatoms. The van der Waals surface area contributed by atoms with Gasteiger partial charge >= 0.3 is 0 Å². The molecule has 0 amide bonds. The molecule has 0 saturated carbocycles. The van der Waals surface area contributed by atoms with Crippen LogP contribution in [0.25, 0.3) is 0 Å². The SMILES string of the molecule is COc1cccc(CNc2ccc(C#N)c(C)c2)c1. The summed E-state index contributed by atoms with van der Waals surface area (Å²) in [5.74, 6) is 0.857. The van der Waals surface area contributed by atoms with Crippen LogP contribution in [0.4, 0.5) is 5.69 Å². The van der Waals surface area contributed by atoms with Crippen LogP contribution in [-0.2, 0) is 6.54 Å². The van der Waals surface area contributed by atoms with Gasteiger partial charge in [-0.2, -0.15) is 5.26 Å². The van der Waals surface area contributed by atoms with Gasteiger partial charge in [-0.1, -0.05) is 12.1 Å². The van der Waals surface area contributed by atoms with E-state index >= 15 is 0 Å². The van der Waals surface area contributed by atoms with Crippen LogP contribution >= 0.6 is 0 Å². The van der Waals surface area contributed by atoms with Crippen molar-refractivity contribution in [3.8, 4) is 11.8 Å². The van der Waals surface area contributed by atoms with E-state index in [0.717, 1.165) is 29.1 Å². The minimum Gasteiger partial charge on any atom is -0.497 e. The molecule has 0 saturated heterocycles. The maximum Gasteiger partial charge on any atom is 0.119 e. The summed E-state index contributed by atoms with van der Waals surface area (Å²) in [4.78, 5) is 0. The lowest BCUT2D eigenvalue weighted by Gasteiger charge is -2.09. The molecule has 0 fully saturated rings. The fourth-order valence-electron chi connectivity index (χ4n) is 1.89. The standard InChI is InChI=1S/C16H16N2O/c1-12-8-15(7-6-14(12)10-17)18-11-13-4-3-5-16(9-13)19-2/h3-9,18H,11H2,1-2H3. The Hall–Kier alpha value is -2.47. The molecule has 2 aromatic rings. The molecule has 3 nitrogen and oxygen atoms in total. The molecule has 0 aliphatic rings. The Morgan fingerprint density at radius 2 is 2.05 bits per heavy atom. The van der Waals surface area contributed by atoms with Crippen molar-refractivity contribution in [2.45, 2.75) is 13.5 Å². The highest BCUT2D eigenvalue weighted by Gasteiger charge is 2.00. The van der Waals surface area contributed by atoms with Crippen LogP contribution in [0.5, 0.6) is 5.75 Å². The second kappa shape index (κ2) is 5.92. The molecule has 0 aromatic heterocycles. The number of nitrogens with zero attached hydrogens (tertiary/aromatic N) is 1. The van der Waals surface area contributed by atoms with Gasteiger partial charge in [-0.25, -0.2) is 0 Å². The van der Waals surface area contributed by atoms with Gasteiger partial charge in [0.1, 0.15) is 5.75 Å². The van der Waals surface area contributed by atoms with Gasteiger partial charge in [0.25, 0.3) is 0 Å². The summed E-state index contributed by atoms with van der Waals surface area (Å²) >= 11 is 0. The largest absolute Gasteiger partial charge is 0.497 e. The lowest BCUT2D eigenvalue weighted by Crippen LogP contribution is -2.00. The second-order valence-corrected chi connectivity index (χ2v) is 4.35. The summed E-state index contributed by atoms with van der Waals surface area (Å²) < 4.78 is 5.19. The number of hydrogen-bond acceptors (Lipinski definition) is 3. The van der Waals surface area contributed by atoms with Gasteiger partial charge in [-0.05, 0) is 48.4 Å². The van der Waals surface area contributed by atoms with Crippen LogP contribution < -0.4 is 10.1 Å². The van der Waals surface area contributed by atoms with Crippen LogP contribution in [0.2, 0.25) is 0 Å². The zero-order valence-corrected chi connectivity index (χ0v) is 11.1. The summed E-state index contributed by atoms with van der Waals surface area (Å²) in [6, 6.07) is 15.9. The highest BCUT2D eigenvalue weighted by atomic mass is 16.5. The van der Waals surface area contributed by atoms with E-state index in [1.165, 1.54) is 0 Å². The molecule has 0 aliphatic heterocycles. The molecule has 0 atom stereocenters. The number of hydrogen-bond donors (Lipinski definition) is 1. The Kier molecular flexibility index (Phi) is 4.04. The lowest BCUT2D eigenvalue weighted by molar-refractivity contribution is 0.414. The minimum atomic E-state index is 0.715. The van der Waals surface area contributed by atoms with Gasteiger partial charge < -0.3 is 10.1 Å². The highest BCUT2D eigenvalue weighted by molar-refractivity contribution is 5.52. The third kappa shape index (κ3) is 3.26. The van der Waals surface area contributed by atoms with Crippen LogP contribution in [0.15, 0.2) is 42.5 Å². The Labute approximate surface area is 113 Å². The van der Waals surface area contributed by atoms with Crippen molar-refractivity contribution < 1.29 is 4.74 Å². The Bertz CT molecular complexity index is 614. The van der Waals surface area contributed by atoms with E-state index in [0.29, 0.717) is 5.56 Å². The summed E-state index contributed by atoms with van der Waals surface area (Å²) in [7, 11) is 1.66. The van der Waals surface area contributed by atoms with Crippen LogP contribution in [0, 0.1) is 18.3 Å². The number of methoxy groups -OCH3 is 1. The molecule has 0 unspecified atom stereocenters. The Balaban J connectivity index is 2.06. The van der Waals surface area contributed by atoms with Gasteiger partial charge in [0.15, 0.2) is 0 Å². The fourth-order valence-corrected chi connectivity index (χ4v) is 1.89. The van der Waals surface area contributed by atoms with Gasteiger partial charge in [0.05, 0.1) is 18.7 Å². The molecule has 0 bridgehead atoms. The van der Waals surface area contributed by atoms with E-state index in [9.17, 15) is 0 Å². The molecule has 1 N–H and O–H groups in total. The third-order valence-electron chi connectivity index (χ3n) is 2.98. The average molecular weight is 252 g/mol. The zero-order chi connectivity index (χ0) is 13.7. The van der Waals surface area contributed by atoms with Crippen molar-refractivity contribution in [2.24, 2.45) is 0 Å². The summed E-state index contributed by atoms with van der Waals surface area (Å²) in [5.41, 5.74) is 3.87. The highest BCUT2D eigenvalue weighted by Crippen LogP contribution is 2.17. The maximum absolute atomic E-state index is 8.89. The molecule has 2 rings (SSSR count). The van der Waals surface area contributed by atoms with Crippen molar-refractivity contribution in [3.05, 3.63) is 59.2 Å². The number of anilines is 1. The molecule has 2 aromatic carbocycles. The van der Waals surface area contributed by atoms with Crippen LogP contribution in [0.1, 0.15) is 16.7 Å². The predicted octanol–water partition coefficient (Wildman–Crippen LogP) is 3.49. The molecule has 0 spiro atoms. The van der Waals surface area contributed by atoms with E-state index in [-0.39, 0.29) is 0 Å². The zero-order valence-electron chi connectivity index (χ0n) is 11.1. The first kappa shape index (κ1) is 13.0. The lowest BCUT2D eigenvalue weighted by atomic mass is 10.1. The summed E-state index contributed by atoms with van der Waals surface area (Å²) in [5, 5.41) is 12.2. The number of nitrogens with one attached hydrogen (secondary N) is 1. The monoisotopic (exact) mass is 252 g/mol. The third-order valence-corrected chi connectivity index (χ3v) is 2.98. The quantitative estimate of drug-likeness (QED) is 0.906. The molecular formula is C16H16N2O. The number of benzene rings is 2. The van der Waals surface area contributed by atoms with E-state index in [4.69, 9.17) is 10.00 Å². The van der Waals surface area contributed by atoms with E-state index in [1.54, 1.807) is 7.11 Å². The van der Waals surface area contributed by atoms with E-state index in [1.807, 2.05) is 49.4 Å². The van der Waals surface area contributed by atoms with Crippen molar-refractivity contribution in [1.29, 1.82) is 5.26 Å². The Morgan fingerprint density at radius 1 is 1.21 bits per heavy atom. The smallest absolute Gasteiger partial charge is 0.119 e. The van der Waals surface area contributed by atoms with Crippen molar-refractivity contribution in [1.82, 2.24) is 0 Å². The number of aryl methyl sites for hydroxylation is 1. The number of ether oxygens (including phenoxy) is 1. The number of rotatable bonds is 4. The van der Waals surface area contributed by atoms with Gasteiger partial charge in [-0.15, -0.1) is 0 Å². The van der Waals surface area contributed by atoms with E-state index < -0.39 is 0 Å².